The largest absolute Gasteiger partial charge is 0.312 e. The van der Waals surface area contributed by atoms with Crippen molar-refractivity contribution in [1.29, 1.82) is 0 Å². The Bertz CT molecular complexity index is 406. The zero-order valence-corrected chi connectivity index (χ0v) is 7.66. The SMILES string of the molecule is NS(=O)(=O)c1ccn(C2CNC2)n1. The predicted octanol–water partition coefficient (Wildman–Crippen LogP) is -1.33. The van der Waals surface area contributed by atoms with Crippen molar-refractivity contribution in [2.24, 2.45) is 5.14 Å². The van der Waals surface area contributed by atoms with Crippen LogP contribution in [0, 0.1) is 0 Å². The van der Waals surface area contributed by atoms with E-state index in [0.717, 1.165) is 13.1 Å². The molecule has 1 aromatic rings. The minimum Gasteiger partial charge on any atom is -0.312 e. The molecule has 0 spiro atoms. The minimum atomic E-state index is -3.65. The number of primary sulfonamides is 1. The van der Waals surface area contributed by atoms with Crippen molar-refractivity contribution in [3.8, 4) is 0 Å². The average Bonchev–Trinajstić information content (AvgIpc) is 2.29. The summed E-state index contributed by atoms with van der Waals surface area (Å²) in [6.45, 7) is 1.65. The fourth-order valence-corrected chi connectivity index (χ4v) is 1.59. The Balaban J connectivity index is 2.27. The third-order valence-electron chi connectivity index (χ3n) is 2.01. The van der Waals surface area contributed by atoms with E-state index < -0.39 is 10.0 Å². The molecule has 2 rings (SSSR count). The number of nitrogens with one attached hydrogen (secondary N) is 1. The normalized spacial score (nSPS) is 18.5. The Morgan fingerprint density at radius 2 is 2.31 bits per heavy atom. The fraction of sp³-hybridized carbons (Fsp3) is 0.500. The van der Waals surface area contributed by atoms with Gasteiger partial charge in [0.25, 0.3) is 10.0 Å². The van der Waals surface area contributed by atoms with E-state index in [0.29, 0.717) is 0 Å². The van der Waals surface area contributed by atoms with Gasteiger partial charge in [-0.15, -0.1) is 0 Å². The molecular formula is C6H10N4O2S. The molecule has 6 nitrogen and oxygen atoms in total. The molecule has 72 valence electrons. The summed E-state index contributed by atoms with van der Waals surface area (Å²) in [5.41, 5.74) is 0. The summed E-state index contributed by atoms with van der Waals surface area (Å²) in [6.07, 6.45) is 1.63. The van der Waals surface area contributed by atoms with E-state index in [1.165, 1.54) is 6.07 Å². The first-order valence-corrected chi connectivity index (χ1v) is 5.41. The first-order chi connectivity index (χ1) is 6.07. The van der Waals surface area contributed by atoms with Crippen LogP contribution in [0.2, 0.25) is 0 Å². The van der Waals surface area contributed by atoms with Gasteiger partial charge in [-0.1, -0.05) is 0 Å². The van der Waals surface area contributed by atoms with Gasteiger partial charge in [-0.2, -0.15) is 5.10 Å². The maximum Gasteiger partial charge on any atom is 0.257 e. The number of sulfonamides is 1. The molecule has 0 aliphatic carbocycles. The highest BCUT2D eigenvalue weighted by Crippen LogP contribution is 2.12. The molecule has 0 saturated carbocycles. The lowest BCUT2D eigenvalue weighted by molar-refractivity contribution is 0.314. The van der Waals surface area contributed by atoms with Gasteiger partial charge in [0.2, 0.25) is 0 Å². The number of nitrogens with zero attached hydrogens (tertiary/aromatic N) is 2. The summed E-state index contributed by atoms with van der Waals surface area (Å²) in [5.74, 6) is 0. The Labute approximate surface area is 75.8 Å². The van der Waals surface area contributed by atoms with Gasteiger partial charge >= 0.3 is 0 Å². The van der Waals surface area contributed by atoms with Gasteiger partial charge in [0.1, 0.15) is 0 Å². The molecule has 3 N–H and O–H groups in total. The Hall–Kier alpha value is -0.920. The highest BCUT2D eigenvalue weighted by Gasteiger charge is 2.21. The van der Waals surface area contributed by atoms with Gasteiger partial charge in [0.15, 0.2) is 5.03 Å². The molecule has 0 aromatic carbocycles. The average molecular weight is 202 g/mol. The number of rotatable bonds is 2. The van der Waals surface area contributed by atoms with Gasteiger partial charge in [-0.25, -0.2) is 13.6 Å². The van der Waals surface area contributed by atoms with Crippen molar-refractivity contribution < 1.29 is 8.42 Å². The molecule has 0 unspecified atom stereocenters. The molecule has 0 atom stereocenters. The molecule has 1 aliphatic heterocycles. The lowest BCUT2D eigenvalue weighted by Crippen LogP contribution is -2.43. The van der Waals surface area contributed by atoms with E-state index in [9.17, 15) is 8.42 Å². The monoisotopic (exact) mass is 202 g/mol. The van der Waals surface area contributed by atoms with Crippen LogP contribution in [0.5, 0.6) is 0 Å². The Kier molecular flexibility index (Phi) is 1.86. The lowest BCUT2D eigenvalue weighted by atomic mass is 10.2. The van der Waals surface area contributed by atoms with Crippen LogP contribution >= 0.6 is 0 Å². The second-order valence-corrected chi connectivity index (χ2v) is 4.50. The van der Waals surface area contributed by atoms with Crippen molar-refractivity contribution in [2.75, 3.05) is 13.1 Å². The zero-order chi connectivity index (χ0) is 9.47. The van der Waals surface area contributed by atoms with Crippen molar-refractivity contribution in [3.05, 3.63) is 12.3 Å². The predicted molar refractivity (Wildman–Crippen MR) is 45.5 cm³/mol. The standard InChI is InChI=1S/C6H10N4O2S/c7-13(11,12)6-1-2-10(9-6)5-3-8-4-5/h1-2,5,8H,3-4H2,(H2,7,11,12). The molecular weight excluding hydrogens is 192 g/mol. The second-order valence-electron chi connectivity index (χ2n) is 2.99. The molecule has 1 aliphatic rings. The number of nitrogens with two attached hydrogens (primary N) is 1. The van der Waals surface area contributed by atoms with Crippen LogP contribution in [0.4, 0.5) is 0 Å². The lowest BCUT2D eigenvalue weighted by Gasteiger charge is -2.27. The maximum absolute atomic E-state index is 10.9. The van der Waals surface area contributed by atoms with Gasteiger partial charge < -0.3 is 5.32 Å². The molecule has 0 amide bonds. The van der Waals surface area contributed by atoms with Crippen molar-refractivity contribution in [2.45, 2.75) is 11.1 Å². The molecule has 0 bridgehead atoms. The number of aromatic nitrogens is 2. The summed E-state index contributed by atoms with van der Waals surface area (Å²) in [4.78, 5) is 0. The summed E-state index contributed by atoms with van der Waals surface area (Å²) in [5, 5.41) is 11.8. The molecule has 0 radical (unpaired) electrons. The summed E-state index contributed by atoms with van der Waals surface area (Å²) < 4.78 is 23.3. The van der Waals surface area contributed by atoms with Gasteiger partial charge in [-0.05, 0) is 6.07 Å². The minimum absolute atomic E-state index is 0.0700. The molecule has 7 heteroatoms. The smallest absolute Gasteiger partial charge is 0.257 e. The zero-order valence-electron chi connectivity index (χ0n) is 6.84. The van der Waals surface area contributed by atoms with Crippen molar-refractivity contribution in [3.63, 3.8) is 0 Å². The Morgan fingerprint density at radius 1 is 1.62 bits per heavy atom. The number of hydrogen-bond donors (Lipinski definition) is 2. The summed E-state index contributed by atoms with van der Waals surface area (Å²) in [6, 6.07) is 1.67. The topological polar surface area (TPSA) is 90.0 Å². The fourth-order valence-electron chi connectivity index (χ4n) is 1.14. The molecule has 1 saturated heterocycles. The third-order valence-corrected chi connectivity index (χ3v) is 2.81. The molecule has 1 aromatic heterocycles. The van der Waals surface area contributed by atoms with Crippen LogP contribution in [-0.2, 0) is 10.0 Å². The van der Waals surface area contributed by atoms with Crippen molar-refractivity contribution >= 4 is 10.0 Å². The molecule has 2 heterocycles. The summed E-state index contributed by atoms with van der Waals surface area (Å²) in [7, 11) is -3.65. The van der Waals surface area contributed by atoms with Crippen LogP contribution in [0.25, 0.3) is 0 Å². The highest BCUT2D eigenvalue weighted by atomic mass is 32.2. The van der Waals surface area contributed by atoms with E-state index in [1.54, 1.807) is 10.9 Å². The maximum atomic E-state index is 10.9. The van der Waals surface area contributed by atoms with Gasteiger partial charge in [-0.3, -0.25) is 4.68 Å². The first-order valence-electron chi connectivity index (χ1n) is 3.86. The molecule has 1 fully saturated rings. The van der Waals surface area contributed by atoms with Crippen LogP contribution < -0.4 is 10.5 Å². The van der Waals surface area contributed by atoms with E-state index in [-0.39, 0.29) is 11.1 Å². The van der Waals surface area contributed by atoms with Crippen LogP contribution in [-0.4, -0.2) is 31.3 Å². The van der Waals surface area contributed by atoms with E-state index >= 15 is 0 Å². The Morgan fingerprint density at radius 3 is 2.69 bits per heavy atom. The third kappa shape index (κ3) is 1.58. The summed E-state index contributed by atoms with van der Waals surface area (Å²) >= 11 is 0. The van der Waals surface area contributed by atoms with E-state index in [1.807, 2.05) is 0 Å². The first kappa shape index (κ1) is 8.67. The van der Waals surface area contributed by atoms with Gasteiger partial charge in [0, 0.05) is 19.3 Å². The highest BCUT2D eigenvalue weighted by molar-refractivity contribution is 7.89. The van der Waals surface area contributed by atoms with Crippen LogP contribution in [0.15, 0.2) is 17.3 Å². The quantitative estimate of drug-likeness (QED) is 0.622. The van der Waals surface area contributed by atoms with Crippen LogP contribution in [0.1, 0.15) is 6.04 Å². The molecule has 13 heavy (non-hydrogen) atoms. The van der Waals surface area contributed by atoms with E-state index in [2.05, 4.69) is 10.4 Å². The van der Waals surface area contributed by atoms with Crippen molar-refractivity contribution in [1.82, 2.24) is 15.1 Å². The van der Waals surface area contributed by atoms with Crippen LogP contribution in [0.3, 0.4) is 0 Å². The number of hydrogen-bond acceptors (Lipinski definition) is 4. The van der Waals surface area contributed by atoms with E-state index in [4.69, 9.17) is 5.14 Å². The second kappa shape index (κ2) is 2.79. The van der Waals surface area contributed by atoms with Gasteiger partial charge in [0.05, 0.1) is 6.04 Å².